The Labute approximate surface area is 73.0 Å². The van der Waals surface area contributed by atoms with Crippen LogP contribution in [0, 0.1) is 0 Å². The second kappa shape index (κ2) is 5.47. The van der Waals surface area contributed by atoms with Crippen molar-refractivity contribution >= 4 is 11.6 Å². The van der Waals surface area contributed by atoms with Crippen molar-refractivity contribution in [2.24, 2.45) is 0 Å². The van der Waals surface area contributed by atoms with Gasteiger partial charge in [0.05, 0.1) is 5.57 Å². The zero-order valence-electron chi connectivity index (χ0n) is 7.76. The van der Waals surface area contributed by atoms with Crippen molar-refractivity contribution in [1.82, 2.24) is 0 Å². The molecule has 0 spiro atoms. The summed E-state index contributed by atoms with van der Waals surface area (Å²) in [5.74, 6) is -0.369. The number of carbonyl (C=O) groups excluding carboxylic acids is 2. The molecular formula is C10H14O2. The predicted molar refractivity (Wildman–Crippen MR) is 48.9 cm³/mol. The highest BCUT2D eigenvalue weighted by Crippen LogP contribution is 2.01. The molecule has 0 aliphatic carbocycles. The fourth-order valence-corrected chi connectivity index (χ4v) is 0.863. The van der Waals surface area contributed by atoms with Crippen LogP contribution in [0.15, 0.2) is 23.8 Å². The van der Waals surface area contributed by atoms with Crippen molar-refractivity contribution in [3.8, 4) is 0 Å². The van der Waals surface area contributed by atoms with Crippen molar-refractivity contribution in [3.05, 3.63) is 23.8 Å². The summed E-state index contributed by atoms with van der Waals surface area (Å²) in [6, 6.07) is 0. The van der Waals surface area contributed by atoms with E-state index in [1.165, 1.54) is 13.0 Å². The Morgan fingerprint density at radius 1 is 1.33 bits per heavy atom. The number of Topliss-reactive ketones (excluding diaryl/α,β-unsaturated/α-hetero) is 1. The predicted octanol–water partition coefficient (Wildman–Crippen LogP) is 2.06. The highest BCUT2D eigenvalue weighted by molar-refractivity contribution is 6.23. The Balaban J connectivity index is 4.64. The highest BCUT2D eigenvalue weighted by atomic mass is 16.1. The minimum absolute atomic E-state index is 0.167. The van der Waals surface area contributed by atoms with Crippen LogP contribution < -0.4 is 0 Å². The quantitative estimate of drug-likeness (QED) is 0.364. The Bertz CT molecular complexity index is 234. The van der Waals surface area contributed by atoms with Crippen LogP contribution in [0.1, 0.15) is 27.2 Å². The van der Waals surface area contributed by atoms with Crippen molar-refractivity contribution < 1.29 is 9.59 Å². The van der Waals surface area contributed by atoms with Gasteiger partial charge >= 0.3 is 0 Å². The van der Waals surface area contributed by atoms with Gasteiger partial charge in [0.2, 0.25) is 0 Å². The van der Waals surface area contributed by atoms with E-state index in [0.717, 1.165) is 0 Å². The fourth-order valence-electron chi connectivity index (χ4n) is 0.863. The van der Waals surface area contributed by atoms with Gasteiger partial charge in [0.1, 0.15) is 0 Å². The number of hydrogen-bond acceptors (Lipinski definition) is 2. The Morgan fingerprint density at radius 3 is 2.25 bits per heavy atom. The van der Waals surface area contributed by atoms with E-state index in [2.05, 4.69) is 0 Å². The van der Waals surface area contributed by atoms with Crippen LogP contribution in [0.3, 0.4) is 0 Å². The van der Waals surface area contributed by atoms with Gasteiger partial charge in [-0.05, 0) is 26.3 Å². The third kappa shape index (κ3) is 3.28. The Hall–Kier alpha value is -1.18. The first-order valence-electron chi connectivity index (χ1n) is 4.01. The molecule has 66 valence electrons. The lowest BCUT2D eigenvalue weighted by molar-refractivity contribution is -0.118. The van der Waals surface area contributed by atoms with E-state index in [1.54, 1.807) is 19.1 Å². The minimum atomic E-state index is -0.202. The first-order chi connectivity index (χ1) is 5.63. The van der Waals surface area contributed by atoms with E-state index in [0.29, 0.717) is 6.42 Å². The SMILES string of the molecule is C/C=C\C(=O)/C(=C/CC)C(C)=O. The monoisotopic (exact) mass is 166 g/mol. The van der Waals surface area contributed by atoms with Gasteiger partial charge in [0.25, 0.3) is 0 Å². The molecule has 0 radical (unpaired) electrons. The van der Waals surface area contributed by atoms with E-state index in [-0.39, 0.29) is 17.1 Å². The maximum absolute atomic E-state index is 11.2. The van der Waals surface area contributed by atoms with E-state index >= 15 is 0 Å². The topological polar surface area (TPSA) is 34.1 Å². The molecule has 0 fully saturated rings. The lowest BCUT2D eigenvalue weighted by Crippen LogP contribution is -2.07. The van der Waals surface area contributed by atoms with Gasteiger partial charge in [-0.2, -0.15) is 0 Å². The molecule has 0 amide bonds. The van der Waals surface area contributed by atoms with Gasteiger partial charge in [-0.15, -0.1) is 0 Å². The molecule has 2 nitrogen and oxygen atoms in total. The van der Waals surface area contributed by atoms with Crippen LogP contribution in [0.2, 0.25) is 0 Å². The summed E-state index contributed by atoms with van der Waals surface area (Å²) in [4.78, 5) is 22.1. The number of ketones is 2. The van der Waals surface area contributed by atoms with E-state index in [1.807, 2.05) is 6.92 Å². The van der Waals surface area contributed by atoms with E-state index < -0.39 is 0 Å². The van der Waals surface area contributed by atoms with Crippen molar-refractivity contribution in [3.63, 3.8) is 0 Å². The first-order valence-corrected chi connectivity index (χ1v) is 4.01. The summed E-state index contributed by atoms with van der Waals surface area (Å²) in [6.45, 7) is 5.05. The molecule has 0 aliphatic heterocycles. The first kappa shape index (κ1) is 10.8. The molecule has 0 saturated carbocycles. The average molecular weight is 166 g/mol. The molecular weight excluding hydrogens is 152 g/mol. The van der Waals surface area contributed by atoms with Crippen LogP contribution in [-0.2, 0) is 9.59 Å². The van der Waals surface area contributed by atoms with Crippen molar-refractivity contribution in [2.45, 2.75) is 27.2 Å². The maximum atomic E-state index is 11.2. The second-order valence-electron chi connectivity index (χ2n) is 2.45. The molecule has 0 N–H and O–H groups in total. The molecule has 0 aromatic carbocycles. The van der Waals surface area contributed by atoms with Crippen molar-refractivity contribution in [2.75, 3.05) is 0 Å². The molecule has 0 aromatic heterocycles. The normalized spacial score (nSPS) is 12.1. The summed E-state index contributed by atoms with van der Waals surface area (Å²) in [5.41, 5.74) is 0.288. The van der Waals surface area contributed by atoms with E-state index in [9.17, 15) is 9.59 Å². The number of hydrogen-bond donors (Lipinski definition) is 0. The molecule has 0 heterocycles. The van der Waals surface area contributed by atoms with E-state index in [4.69, 9.17) is 0 Å². The molecule has 0 rings (SSSR count). The molecule has 0 unspecified atom stereocenters. The lowest BCUT2D eigenvalue weighted by Gasteiger charge is -1.96. The van der Waals surface area contributed by atoms with Crippen LogP contribution in [0.5, 0.6) is 0 Å². The van der Waals surface area contributed by atoms with Gasteiger partial charge in [0.15, 0.2) is 11.6 Å². The smallest absolute Gasteiger partial charge is 0.188 e. The zero-order chi connectivity index (χ0) is 9.56. The Kier molecular flexibility index (Phi) is 4.93. The van der Waals surface area contributed by atoms with Gasteiger partial charge in [-0.1, -0.05) is 19.1 Å². The third-order valence-electron chi connectivity index (χ3n) is 1.37. The molecule has 2 heteroatoms. The molecule has 0 aromatic rings. The highest BCUT2D eigenvalue weighted by Gasteiger charge is 2.09. The van der Waals surface area contributed by atoms with Gasteiger partial charge in [0, 0.05) is 0 Å². The molecule has 0 saturated heterocycles. The fraction of sp³-hybridized carbons (Fsp3) is 0.400. The minimum Gasteiger partial charge on any atom is -0.294 e. The molecule has 0 bridgehead atoms. The third-order valence-corrected chi connectivity index (χ3v) is 1.37. The average Bonchev–Trinajstić information content (AvgIpc) is 1.99. The summed E-state index contributed by atoms with van der Waals surface area (Å²) in [5, 5.41) is 0. The van der Waals surface area contributed by atoms with Crippen LogP contribution in [0.4, 0.5) is 0 Å². The zero-order valence-corrected chi connectivity index (χ0v) is 7.76. The van der Waals surface area contributed by atoms with Crippen LogP contribution in [-0.4, -0.2) is 11.6 Å². The number of carbonyl (C=O) groups is 2. The second-order valence-corrected chi connectivity index (χ2v) is 2.45. The summed E-state index contributed by atoms with van der Waals surface area (Å²) >= 11 is 0. The Morgan fingerprint density at radius 2 is 1.92 bits per heavy atom. The number of rotatable bonds is 4. The molecule has 0 atom stereocenters. The lowest BCUT2D eigenvalue weighted by atomic mass is 10.1. The van der Waals surface area contributed by atoms with Gasteiger partial charge in [-0.3, -0.25) is 9.59 Å². The largest absolute Gasteiger partial charge is 0.294 e. The molecule has 0 aliphatic rings. The summed E-state index contributed by atoms with van der Waals surface area (Å²) in [7, 11) is 0. The molecule has 12 heavy (non-hydrogen) atoms. The summed E-state index contributed by atoms with van der Waals surface area (Å²) in [6.07, 6.45) is 5.40. The summed E-state index contributed by atoms with van der Waals surface area (Å²) < 4.78 is 0. The van der Waals surface area contributed by atoms with Crippen molar-refractivity contribution in [1.29, 1.82) is 0 Å². The number of allylic oxidation sites excluding steroid dienone is 4. The standard InChI is InChI=1S/C10H14O2/c1-4-6-9(8(3)11)10(12)7-5-2/h5-7H,4H2,1-3H3/b7-5-,9-6+. The maximum Gasteiger partial charge on any atom is 0.188 e. The van der Waals surface area contributed by atoms with Gasteiger partial charge in [-0.25, -0.2) is 0 Å². The van der Waals surface area contributed by atoms with Gasteiger partial charge < -0.3 is 0 Å². The van der Waals surface area contributed by atoms with Crippen LogP contribution >= 0.6 is 0 Å². The van der Waals surface area contributed by atoms with Crippen LogP contribution in [0.25, 0.3) is 0 Å².